The molecule has 19 heteroatoms. The average Bonchev–Trinajstić information content (AvgIpc) is 3.98. The molecule has 2 amide bonds. The zero-order chi connectivity index (χ0) is 44.2. The predicted octanol–water partition coefficient (Wildman–Crippen LogP) is 5.28. The van der Waals surface area contributed by atoms with E-state index in [1.807, 2.05) is 24.3 Å². The number of fused-ring (bicyclic) bond motifs is 2. The van der Waals surface area contributed by atoms with Crippen molar-refractivity contribution in [3.05, 3.63) is 105 Å². The second kappa shape index (κ2) is 19.1. The Labute approximate surface area is 374 Å². The molecule has 6 heterocycles. The number of benzene rings is 2. The Morgan fingerprint density at radius 2 is 1.24 bits per heavy atom. The van der Waals surface area contributed by atoms with Crippen LogP contribution in [0.15, 0.2) is 77.5 Å². The van der Waals surface area contributed by atoms with Crippen molar-refractivity contribution in [2.45, 2.75) is 31.5 Å². The minimum absolute atomic E-state index is 0. The number of aromatic nitrogens is 6. The van der Waals surface area contributed by atoms with Crippen LogP contribution in [0.4, 0.5) is 0 Å². The van der Waals surface area contributed by atoms with E-state index in [9.17, 15) is 29.4 Å². The standard InChI is InChI=1S/C21H17ClN4O4.C14H9BrClN3O2.C7H9NO2.CH4/c1-25-9-8-21(29,20(25)28)7-6-13-4-3-5-14(10-13)26-16-11-17(22)23-12-15(16)18(24-26)19(27)30-2;1-21-14(20)13-10-7-17-12(16)6-11(10)19(18-13)9-4-2-3-8(15)5-9;1-3-7(10)4-5-8(2)6(7)9;/h3-5,10-12,29H,8-9H2,1-2H3;2-7H,1H3;1,10H,4-5H2,2H3;1H4/t21-;;7-;/m0.0./s1. The van der Waals surface area contributed by atoms with Crippen LogP contribution >= 0.6 is 39.1 Å². The number of nitrogens with zero attached hydrogens (tertiary/aromatic N) is 8. The van der Waals surface area contributed by atoms with Crippen molar-refractivity contribution in [2.75, 3.05) is 41.4 Å². The number of methoxy groups -OCH3 is 2. The van der Waals surface area contributed by atoms with Crippen LogP contribution in [0.25, 0.3) is 33.2 Å². The van der Waals surface area contributed by atoms with Crippen LogP contribution in [0.5, 0.6) is 0 Å². The molecule has 0 radical (unpaired) electrons. The molecular formula is C43H39BrCl2N8O8. The number of pyridine rings is 2. The minimum Gasteiger partial charge on any atom is -0.464 e. The van der Waals surface area contributed by atoms with Crippen LogP contribution in [-0.4, -0.2) is 126 Å². The lowest BCUT2D eigenvalue weighted by Crippen LogP contribution is -2.37. The van der Waals surface area contributed by atoms with Gasteiger partial charge in [-0.1, -0.05) is 76.5 Å². The smallest absolute Gasteiger partial charge is 0.359 e. The Morgan fingerprint density at radius 1 is 0.774 bits per heavy atom. The van der Waals surface area contributed by atoms with Crippen LogP contribution in [0.1, 0.15) is 46.8 Å². The summed E-state index contributed by atoms with van der Waals surface area (Å²) in [4.78, 5) is 58.0. The van der Waals surface area contributed by atoms with E-state index in [-0.39, 0.29) is 36.3 Å². The summed E-state index contributed by atoms with van der Waals surface area (Å²) in [7, 11) is 5.84. The third-order valence-electron chi connectivity index (χ3n) is 9.64. The van der Waals surface area contributed by atoms with E-state index < -0.39 is 29.0 Å². The molecule has 4 aromatic heterocycles. The van der Waals surface area contributed by atoms with Gasteiger partial charge in [0.1, 0.15) is 10.3 Å². The van der Waals surface area contributed by atoms with Gasteiger partial charge in [0.25, 0.3) is 11.8 Å². The number of amides is 2. The number of esters is 2. The van der Waals surface area contributed by atoms with Crippen LogP contribution in [0.3, 0.4) is 0 Å². The van der Waals surface area contributed by atoms with E-state index in [2.05, 4.69) is 53.9 Å². The summed E-state index contributed by atoms with van der Waals surface area (Å²) in [6.07, 6.45) is 8.56. The molecule has 0 spiro atoms. The number of likely N-dealkylation sites (tertiary alicyclic amines) is 2. The van der Waals surface area contributed by atoms with Gasteiger partial charge in [0.05, 0.1) is 47.4 Å². The number of ether oxygens (including phenoxy) is 2. The first-order valence-electron chi connectivity index (χ1n) is 18.1. The van der Waals surface area contributed by atoms with Crippen LogP contribution in [0.2, 0.25) is 10.3 Å². The number of carbonyl (C=O) groups is 4. The van der Waals surface area contributed by atoms with Crippen molar-refractivity contribution in [1.29, 1.82) is 0 Å². The number of rotatable bonds is 4. The van der Waals surface area contributed by atoms with Crippen molar-refractivity contribution in [1.82, 2.24) is 39.3 Å². The SMILES string of the molecule is C.C#C[C@]1(O)CCN(C)C1=O.COC(=O)c1nn(-c2cccc(Br)c2)c2cc(Cl)ncc12.COC(=O)c1nn(-c2cccc(C#C[C@]3(O)CCN(C)C3=O)c2)c2cc(Cl)ncc12. The van der Waals surface area contributed by atoms with Gasteiger partial charge in [-0.25, -0.2) is 28.9 Å². The molecule has 2 atom stereocenters. The highest BCUT2D eigenvalue weighted by Crippen LogP contribution is 2.28. The maximum atomic E-state index is 12.1. The number of hydrogen-bond acceptors (Lipinski definition) is 12. The molecule has 2 fully saturated rings. The third-order valence-corrected chi connectivity index (χ3v) is 10.5. The second-order valence-corrected chi connectivity index (χ2v) is 15.3. The molecule has 0 unspecified atom stereocenters. The number of halogens is 3. The molecule has 2 N–H and O–H groups in total. The molecule has 6 aromatic rings. The fourth-order valence-corrected chi connectivity index (χ4v) is 7.01. The lowest BCUT2D eigenvalue weighted by molar-refractivity contribution is -0.138. The molecule has 2 saturated heterocycles. The normalized spacial score (nSPS) is 17.8. The summed E-state index contributed by atoms with van der Waals surface area (Å²) in [5.41, 5.74) is 0.373. The van der Waals surface area contributed by atoms with Crippen LogP contribution < -0.4 is 0 Å². The van der Waals surface area contributed by atoms with Crippen molar-refractivity contribution in [3.63, 3.8) is 0 Å². The Bertz CT molecular complexity index is 2830. The van der Waals surface area contributed by atoms with Gasteiger partial charge >= 0.3 is 11.9 Å². The number of aliphatic hydroxyl groups is 2. The second-order valence-electron chi connectivity index (χ2n) is 13.7. The summed E-state index contributed by atoms with van der Waals surface area (Å²) < 4.78 is 13.7. The summed E-state index contributed by atoms with van der Waals surface area (Å²) >= 11 is 15.4. The number of carbonyl (C=O) groups excluding carboxylic acids is 4. The van der Waals surface area contributed by atoms with E-state index in [0.29, 0.717) is 57.7 Å². The van der Waals surface area contributed by atoms with E-state index in [4.69, 9.17) is 39.1 Å². The summed E-state index contributed by atoms with van der Waals surface area (Å²) in [5, 5.41) is 30.2. The van der Waals surface area contributed by atoms with E-state index in [1.165, 1.54) is 36.4 Å². The highest BCUT2D eigenvalue weighted by atomic mass is 79.9. The van der Waals surface area contributed by atoms with Crippen molar-refractivity contribution in [3.8, 4) is 35.6 Å². The highest BCUT2D eigenvalue weighted by Gasteiger charge is 2.43. The Kier molecular flexibility index (Phi) is 14.4. The third kappa shape index (κ3) is 9.58. The zero-order valence-electron chi connectivity index (χ0n) is 32.9. The fourth-order valence-electron chi connectivity index (χ4n) is 6.32. The number of likely N-dealkylation sites (N-methyl/N-ethyl adjacent to an activating group) is 2. The number of hydrogen-bond donors (Lipinski definition) is 2. The quantitative estimate of drug-likeness (QED) is 0.132. The summed E-state index contributed by atoms with van der Waals surface area (Å²) in [6, 6.07) is 17.9. The van der Waals surface area contributed by atoms with Gasteiger partial charge in [-0.15, -0.1) is 6.42 Å². The average molecular weight is 947 g/mol. The molecule has 2 aliphatic heterocycles. The molecule has 320 valence electrons. The molecule has 16 nitrogen and oxygen atoms in total. The molecular weight excluding hydrogens is 907 g/mol. The van der Waals surface area contributed by atoms with Crippen molar-refractivity contribution in [2.24, 2.45) is 0 Å². The summed E-state index contributed by atoms with van der Waals surface area (Å²) in [5.74, 6) is 5.76. The first-order valence-corrected chi connectivity index (χ1v) is 19.7. The summed E-state index contributed by atoms with van der Waals surface area (Å²) in [6.45, 7) is 0.994. The van der Waals surface area contributed by atoms with Crippen LogP contribution in [-0.2, 0) is 19.1 Å². The molecule has 0 saturated carbocycles. The van der Waals surface area contributed by atoms with Crippen molar-refractivity contribution < 1.29 is 38.9 Å². The first-order chi connectivity index (χ1) is 29.0. The molecule has 2 aliphatic rings. The van der Waals surface area contributed by atoms with Crippen LogP contribution in [0, 0.1) is 24.2 Å². The fraction of sp³-hybridized carbons (Fsp3) is 0.256. The topological polar surface area (TPSA) is 195 Å². The largest absolute Gasteiger partial charge is 0.464 e. The molecule has 0 bridgehead atoms. The van der Waals surface area contributed by atoms with Gasteiger partial charge in [0.2, 0.25) is 11.2 Å². The molecule has 8 rings (SSSR count). The van der Waals surface area contributed by atoms with E-state index >= 15 is 0 Å². The van der Waals surface area contributed by atoms with Gasteiger partial charge < -0.3 is 29.5 Å². The van der Waals surface area contributed by atoms with Gasteiger partial charge in [-0.2, -0.15) is 10.2 Å². The van der Waals surface area contributed by atoms with Gasteiger partial charge in [0.15, 0.2) is 11.4 Å². The highest BCUT2D eigenvalue weighted by molar-refractivity contribution is 9.10. The molecule has 2 aromatic carbocycles. The van der Waals surface area contributed by atoms with Gasteiger partial charge in [0, 0.05) is 74.6 Å². The monoisotopic (exact) mass is 944 g/mol. The van der Waals surface area contributed by atoms with Crippen molar-refractivity contribution >= 4 is 84.7 Å². The maximum absolute atomic E-state index is 12.1. The molecule has 62 heavy (non-hydrogen) atoms. The Morgan fingerprint density at radius 3 is 1.66 bits per heavy atom. The minimum atomic E-state index is -1.68. The zero-order valence-corrected chi connectivity index (χ0v) is 36.0. The molecule has 0 aliphatic carbocycles. The Balaban J connectivity index is 0.000000196. The lowest BCUT2D eigenvalue weighted by atomic mass is 10.0. The lowest BCUT2D eigenvalue weighted by Gasteiger charge is -2.13. The maximum Gasteiger partial charge on any atom is 0.359 e. The van der Waals surface area contributed by atoms with Gasteiger partial charge in [-0.3, -0.25) is 9.59 Å². The van der Waals surface area contributed by atoms with E-state index in [1.54, 1.807) is 59.9 Å². The van der Waals surface area contributed by atoms with E-state index in [0.717, 1.165) is 10.2 Å². The number of terminal acetylenes is 1. The predicted molar refractivity (Wildman–Crippen MR) is 235 cm³/mol. The Hall–Kier alpha value is -6.34. The first kappa shape index (κ1) is 46.7. The van der Waals surface area contributed by atoms with Gasteiger partial charge in [-0.05, 0) is 36.4 Å².